The molecule has 1 rings (SSSR count). The van der Waals surface area contributed by atoms with Gasteiger partial charge in [-0.3, -0.25) is 0 Å². The topological polar surface area (TPSA) is 0 Å². The van der Waals surface area contributed by atoms with E-state index < -0.39 is 0 Å². The lowest BCUT2D eigenvalue weighted by atomic mass is 10.2. The Balaban J connectivity index is 0. The Bertz CT molecular complexity index is 151. The number of hydrogen-bond acceptors (Lipinski definition) is 0. The van der Waals surface area contributed by atoms with E-state index in [-0.39, 0.29) is 0 Å². The molecule has 0 atom stereocenters. The van der Waals surface area contributed by atoms with Crippen molar-refractivity contribution in [2.75, 3.05) is 0 Å². The van der Waals surface area contributed by atoms with Crippen molar-refractivity contribution in [3.63, 3.8) is 0 Å². The Morgan fingerprint density at radius 3 is 1.36 bits per heavy atom. The van der Waals surface area contributed by atoms with Gasteiger partial charge < -0.3 is 0 Å². The molecule has 60 valence electrons. The predicted octanol–water partition coefficient (Wildman–Crippen LogP) is 3.60. The molecule has 0 spiro atoms. The highest BCUT2D eigenvalue weighted by Gasteiger charge is 1.72. The molecule has 0 saturated heterocycles. The van der Waals surface area contributed by atoms with Crippen LogP contribution in [-0.2, 0) is 0 Å². The van der Waals surface area contributed by atoms with Gasteiger partial charge in [0.25, 0.3) is 0 Å². The molecule has 0 unspecified atom stereocenters. The molecule has 0 radical (unpaired) electrons. The highest BCUT2D eigenvalue weighted by atomic mass is 13.8. The second kappa shape index (κ2) is 11.5. The molecular weight excluding hydrogens is 132 g/mol. The number of rotatable bonds is 0. The van der Waals surface area contributed by atoms with Crippen LogP contribution < -0.4 is 0 Å². The normalized spacial score (nSPS) is 6.27. The third-order valence-corrected chi connectivity index (χ3v) is 0.940. The first kappa shape index (κ1) is 12.4. The maximum absolute atomic E-state index is 3.00. The van der Waals surface area contributed by atoms with E-state index in [9.17, 15) is 0 Å². The summed E-state index contributed by atoms with van der Waals surface area (Å²) in [7, 11) is 0. The fraction of sp³-hybridized carbons (Fsp3) is 0.0909. The Labute approximate surface area is 69.9 Å². The van der Waals surface area contributed by atoms with Crippen LogP contribution in [-0.4, -0.2) is 0 Å². The maximum Gasteiger partial charge on any atom is -0.0398 e. The number of hydrogen-bond donors (Lipinski definition) is 0. The zero-order valence-corrected chi connectivity index (χ0v) is 7.22. The molecule has 0 aliphatic carbocycles. The third-order valence-electron chi connectivity index (χ3n) is 0.940. The minimum atomic E-state index is 1.32. The molecular formula is C11H16. The van der Waals surface area contributed by atoms with Gasteiger partial charge in [-0.2, -0.15) is 0 Å². The van der Waals surface area contributed by atoms with Gasteiger partial charge in [-0.1, -0.05) is 35.9 Å². The molecule has 0 fully saturated rings. The van der Waals surface area contributed by atoms with Crippen LogP contribution in [0, 0.1) is 6.92 Å². The Hall–Kier alpha value is -1.30. The van der Waals surface area contributed by atoms with Gasteiger partial charge in [0.15, 0.2) is 0 Å². The quantitative estimate of drug-likeness (QED) is 0.493. The van der Waals surface area contributed by atoms with E-state index in [0.29, 0.717) is 0 Å². The van der Waals surface area contributed by atoms with E-state index in [1.54, 1.807) is 0 Å². The van der Waals surface area contributed by atoms with E-state index in [1.807, 2.05) is 18.2 Å². The van der Waals surface area contributed by atoms with Crippen LogP contribution in [0.1, 0.15) is 5.56 Å². The van der Waals surface area contributed by atoms with Crippen molar-refractivity contribution >= 4 is 0 Å². The molecule has 0 saturated carbocycles. The summed E-state index contributed by atoms with van der Waals surface area (Å²) in [6.07, 6.45) is 0. The second-order valence-corrected chi connectivity index (χ2v) is 1.65. The van der Waals surface area contributed by atoms with Gasteiger partial charge in [-0.25, -0.2) is 0 Å². The summed E-state index contributed by atoms with van der Waals surface area (Å²) in [6, 6.07) is 10.3. The highest BCUT2D eigenvalue weighted by molar-refractivity contribution is 5.11. The molecule has 0 bridgehead atoms. The van der Waals surface area contributed by atoms with E-state index >= 15 is 0 Å². The summed E-state index contributed by atoms with van der Waals surface area (Å²) >= 11 is 0. The van der Waals surface area contributed by atoms with Crippen molar-refractivity contribution in [1.82, 2.24) is 0 Å². The van der Waals surface area contributed by atoms with Crippen LogP contribution >= 0.6 is 0 Å². The average molecular weight is 148 g/mol. The minimum Gasteiger partial charge on any atom is -0.106 e. The van der Waals surface area contributed by atoms with Gasteiger partial charge in [-0.15, -0.1) is 26.3 Å². The van der Waals surface area contributed by atoms with Gasteiger partial charge in [0.05, 0.1) is 0 Å². The Morgan fingerprint density at radius 1 is 0.818 bits per heavy atom. The lowest BCUT2D eigenvalue weighted by molar-refractivity contribution is 1.48. The van der Waals surface area contributed by atoms with Crippen LogP contribution in [0.2, 0.25) is 0 Å². The van der Waals surface area contributed by atoms with Crippen LogP contribution in [0.5, 0.6) is 0 Å². The van der Waals surface area contributed by atoms with Crippen molar-refractivity contribution < 1.29 is 0 Å². The average Bonchev–Trinajstić information content (AvgIpc) is 2.13. The summed E-state index contributed by atoms with van der Waals surface area (Å²) in [6.45, 7) is 14.1. The van der Waals surface area contributed by atoms with Gasteiger partial charge in [-0.05, 0) is 6.92 Å². The van der Waals surface area contributed by atoms with Crippen LogP contribution in [0.3, 0.4) is 0 Å². The van der Waals surface area contributed by atoms with Crippen LogP contribution in [0.4, 0.5) is 0 Å². The van der Waals surface area contributed by atoms with Gasteiger partial charge in [0, 0.05) is 0 Å². The standard InChI is InChI=1S/C7H8.2C2H4/c1-7-5-3-2-4-6-7;2*1-2/h2-6H,1H3;2*1-2H2. The van der Waals surface area contributed by atoms with E-state index in [0.717, 1.165) is 0 Å². The smallest absolute Gasteiger partial charge is 0.0398 e. The third kappa shape index (κ3) is 8.70. The molecule has 1 aromatic rings. The van der Waals surface area contributed by atoms with Crippen molar-refractivity contribution in [3.05, 3.63) is 62.2 Å². The summed E-state index contributed by atoms with van der Waals surface area (Å²) in [5, 5.41) is 0. The van der Waals surface area contributed by atoms with Crippen molar-refractivity contribution in [3.8, 4) is 0 Å². The van der Waals surface area contributed by atoms with Crippen molar-refractivity contribution in [1.29, 1.82) is 0 Å². The molecule has 0 aliphatic rings. The van der Waals surface area contributed by atoms with E-state index in [2.05, 4.69) is 45.4 Å². The monoisotopic (exact) mass is 148 g/mol. The molecule has 11 heavy (non-hydrogen) atoms. The Kier molecular flexibility index (Phi) is 12.9. The zero-order valence-electron chi connectivity index (χ0n) is 7.22. The van der Waals surface area contributed by atoms with E-state index in [1.165, 1.54) is 5.56 Å². The highest BCUT2D eigenvalue weighted by Crippen LogP contribution is 1.92. The van der Waals surface area contributed by atoms with Crippen LogP contribution in [0.15, 0.2) is 56.6 Å². The molecule has 1 aromatic carbocycles. The summed E-state index contributed by atoms with van der Waals surface area (Å²) in [5.41, 5.74) is 1.32. The summed E-state index contributed by atoms with van der Waals surface area (Å²) < 4.78 is 0. The van der Waals surface area contributed by atoms with Crippen molar-refractivity contribution in [2.24, 2.45) is 0 Å². The lowest BCUT2D eigenvalue weighted by Gasteiger charge is -1.82. The second-order valence-electron chi connectivity index (χ2n) is 1.65. The first-order chi connectivity index (χ1) is 5.39. The summed E-state index contributed by atoms with van der Waals surface area (Å²) in [5.74, 6) is 0. The summed E-state index contributed by atoms with van der Waals surface area (Å²) in [4.78, 5) is 0. The number of aryl methyl sites for hydroxylation is 1. The number of benzene rings is 1. The van der Waals surface area contributed by atoms with Crippen molar-refractivity contribution in [2.45, 2.75) is 6.92 Å². The molecule has 0 nitrogen and oxygen atoms in total. The Morgan fingerprint density at radius 2 is 1.18 bits per heavy atom. The zero-order chi connectivity index (χ0) is 9.11. The van der Waals surface area contributed by atoms with E-state index in [4.69, 9.17) is 0 Å². The fourth-order valence-electron chi connectivity index (χ4n) is 0.534. The first-order valence-electron chi connectivity index (χ1n) is 3.41. The molecule has 0 amide bonds. The first-order valence-corrected chi connectivity index (χ1v) is 3.41. The molecule has 0 aliphatic heterocycles. The fourth-order valence-corrected chi connectivity index (χ4v) is 0.534. The predicted molar refractivity (Wildman–Crippen MR) is 53.7 cm³/mol. The van der Waals surface area contributed by atoms with Crippen LogP contribution in [0.25, 0.3) is 0 Å². The van der Waals surface area contributed by atoms with Gasteiger partial charge >= 0.3 is 0 Å². The lowest BCUT2D eigenvalue weighted by Crippen LogP contribution is -1.62. The molecule has 0 N–H and O–H groups in total. The molecule has 0 heteroatoms. The van der Waals surface area contributed by atoms with Gasteiger partial charge in [0.2, 0.25) is 0 Å². The largest absolute Gasteiger partial charge is 0.106 e. The molecule has 0 heterocycles. The minimum absolute atomic E-state index is 1.32. The SMILES string of the molecule is C=C.C=C.Cc1ccccc1. The maximum atomic E-state index is 3.00. The van der Waals surface area contributed by atoms with Gasteiger partial charge in [0.1, 0.15) is 0 Å². The molecule has 0 aromatic heterocycles.